The number of carbonyl (C=O) groups is 1. The van der Waals surface area contributed by atoms with E-state index in [0.29, 0.717) is 13.0 Å². The lowest BCUT2D eigenvalue weighted by atomic mass is 10.1. The molecular formula is C15H24N2O3. The van der Waals surface area contributed by atoms with E-state index in [1.165, 1.54) is 0 Å². The molecule has 0 saturated carbocycles. The van der Waals surface area contributed by atoms with E-state index in [-0.39, 0.29) is 5.91 Å². The molecule has 5 nitrogen and oxygen atoms in total. The van der Waals surface area contributed by atoms with Gasteiger partial charge in [-0.1, -0.05) is 6.07 Å². The Morgan fingerprint density at radius 1 is 1.35 bits per heavy atom. The molecule has 112 valence electrons. The molecular weight excluding hydrogens is 256 g/mol. The van der Waals surface area contributed by atoms with E-state index in [1.807, 2.05) is 26.0 Å². The van der Waals surface area contributed by atoms with E-state index in [9.17, 15) is 4.79 Å². The highest BCUT2D eigenvalue weighted by atomic mass is 16.5. The van der Waals surface area contributed by atoms with Crippen LogP contribution in [0.2, 0.25) is 0 Å². The maximum absolute atomic E-state index is 12.0. The van der Waals surface area contributed by atoms with Gasteiger partial charge in [-0.05, 0) is 38.3 Å². The summed E-state index contributed by atoms with van der Waals surface area (Å²) in [5.41, 5.74) is 8.54. The van der Waals surface area contributed by atoms with Crippen molar-refractivity contribution in [2.45, 2.75) is 32.7 Å². The van der Waals surface area contributed by atoms with Gasteiger partial charge in [0.1, 0.15) is 5.75 Å². The Hall–Kier alpha value is -1.59. The Balaban J connectivity index is 2.71. The molecule has 0 spiro atoms. The Morgan fingerprint density at radius 2 is 2.05 bits per heavy atom. The molecule has 0 heterocycles. The molecule has 1 aromatic carbocycles. The minimum atomic E-state index is -0.531. The van der Waals surface area contributed by atoms with E-state index < -0.39 is 6.04 Å². The molecule has 0 aliphatic rings. The standard InChI is InChI=1S/C15H24N2O3/c1-10-7-8-13(11(2)14(10)20-4)17-15(18)12(16)6-5-9-19-3/h7-8,12H,5-6,9,16H2,1-4H3,(H,17,18). The van der Waals surface area contributed by atoms with Crippen LogP contribution in [0.1, 0.15) is 24.0 Å². The third kappa shape index (κ3) is 4.21. The zero-order valence-electron chi connectivity index (χ0n) is 12.7. The number of hydrogen-bond donors (Lipinski definition) is 2. The SMILES string of the molecule is COCCCC(N)C(=O)Nc1ccc(C)c(OC)c1C. The number of ether oxygens (including phenoxy) is 2. The summed E-state index contributed by atoms with van der Waals surface area (Å²) in [6, 6.07) is 3.25. The van der Waals surface area contributed by atoms with Crippen molar-refractivity contribution in [3.05, 3.63) is 23.3 Å². The fraction of sp³-hybridized carbons (Fsp3) is 0.533. The Bertz CT molecular complexity index is 461. The van der Waals surface area contributed by atoms with Gasteiger partial charge in [0.25, 0.3) is 0 Å². The summed E-state index contributed by atoms with van der Waals surface area (Å²) in [6.45, 7) is 4.49. The molecule has 1 atom stereocenters. The largest absolute Gasteiger partial charge is 0.496 e. The van der Waals surface area contributed by atoms with Crippen LogP contribution in [-0.4, -0.2) is 32.8 Å². The zero-order chi connectivity index (χ0) is 15.1. The second-order valence-electron chi connectivity index (χ2n) is 4.82. The highest BCUT2D eigenvalue weighted by Gasteiger charge is 2.15. The molecule has 3 N–H and O–H groups in total. The summed E-state index contributed by atoms with van der Waals surface area (Å²) in [5, 5.41) is 2.85. The van der Waals surface area contributed by atoms with E-state index >= 15 is 0 Å². The molecule has 0 saturated heterocycles. The summed E-state index contributed by atoms with van der Waals surface area (Å²) in [5.74, 6) is 0.603. The van der Waals surface area contributed by atoms with Crippen LogP contribution in [0.15, 0.2) is 12.1 Å². The van der Waals surface area contributed by atoms with Crippen LogP contribution in [0.4, 0.5) is 5.69 Å². The number of benzene rings is 1. The zero-order valence-corrected chi connectivity index (χ0v) is 12.7. The number of nitrogens with two attached hydrogens (primary N) is 1. The first kappa shape index (κ1) is 16.5. The van der Waals surface area contributed by atoms with Crippen LogP contribution in [0.3, 0.4) is 0 Å². The molecule has 5 heteroatoms. The van der Waals surface area contributed by atoms with Crippen molar-refractivity contribution in [1.29, 1.82) is 0 Å². The summed E-state index contributed by atoms with van der Waals surface area (Å²) in [4.78, 5) is 12.0. The van der Waals surface area contributed by atoms with Crippen molar-refractivity contribution in [2.75, 3.05) is 26.1 Å². The molecule has 1 amide bonds. The van der Waals surface area contributed by atoms with E-state index in [1.54, 1.807) is 14.2 Å². The predicted octanol–water partition coefficient (Wildman–Crippen LogP) is 2.00. The van der Waals surface area contributed by atoms with Crippen molar-refractivity contribution < 1.29 is 14.3 Å². The number of methoxy groups -OCH3 is 2. The second-order valence-corrected chi connectivity index (χ2v) is 4.82. The van der Waals surface area contributed by atoms with E-state index in [4.69, 9.17) is 15.2 Å². The van der Waals surface area contributed by atoms with Crippen LogP contribution in [0, 0.1) is 13.8 Å². The van der Waals surface area contributed by atoms with Gasteiger partial charge in [-0.15, -0.1) is 0 Å². The second kappa shape index (κ2) is 7.87. The molecule has 0 aromatic heterocycles. The minimum Gasteiger partial charge on any atom is -0.496 e. The maximum Gasteiger partial charge on any atom is 0.241 e. The van der Waals surface area contributed by atoms with Gasteiger partial charge < -0.3 is 20.5 Å². The fourth-order valence-corrected chi connectivity index (χ4v) is 2.08. The van der Waals surface area contributed by atoms with Crippen LogP contribution in [-0.2, 0) is 9.53 Å². The number of nitrogens with one attached hydrogen (secondary N) is 1. The summed E-state index contributed by atoms with van der Waals surface area (Å²) >= 11 is 0. The Kier molecular flexibility index (Phi) is 6.48. The first-order valence-corrected chi connectivity index (χ1v) is 6.70. The Morgan fingerprint density at radius 3 is 2.65 bits per heavy atom. The smallest absolute Gasteiger partial charge is 0.241 e. The highest BCUT2D eigenvalue weighted by molar-refractivity contribution is 5.95. The van der Waals surface area contributed by atoms with Gasteiger partial charge in [0.2, 0.25) is 5.91 Å². The van der Waals surface area contributed by atoms with Crippen molar-refractivity contribution in [3.63, 3.8) is 0 Å². The van der Waals surface area contributed by atoms with Crippen molar-refractivity contribution in [3.8, 4) is 5.75 Å². The van der Waals surface area contributed by atoms with Gasteiger partial charge in [0, 0.05) is 25.0 Å². The number of aryl methyl sites for hydroxylation is 1. The summed E-state index contributed by atoms with van der Waals surface area (Å²) in [7, 11) is 3.25. The average Bonchev–Trinajstić information content (AvgIpc) is 2.42. The number of anilines is 1. The minimum absolute atomic E-state index is 0.185. The predicted molar refractivity (Wildman–Crippen MR) is 80.2 cm³/mol. The van der Waals surface area contributed by atoms with Gasteiger partial charge in [-0.25, -0.2) is 0 Å². The lowest BCUT2D eigenvalue weighted by molar-refractivity contribution is -0.117. The van der Waals surface area contributed by atoms with Gasteiger partial charge in [-0.3, -0.25) is 4.79 Å². The van der Waals surface area contributed by atoms with Crippen LogP contribution in [0.5, 0.6) is 5.75 Å². The van der Waals surface area contributed by atoms with Crippen molar-refractivity contribution in [2.24, 2.45) is 5.73 Å². The number of amides is 1. The third-order valence-electron chi connectivity index (χ3n) is 3.27. The third-order valence-corrected chi connectivity index (χ3v) is 3.27. The maximum atomic E-state index is 12.0. The summed E-state index contributed by atoms with van der Waals surface area (Å²) < 4.78 is 10.3. The fourth-order valence-electron chi connectivity index (χ4n) is 2.08. The number of carbonyl (C=O) groups excluding carboxylic acids is 1. The quantitative estimate of drug-likeness (QED) is 0.749. The topological polar surface area (TPSA) is 73.6 Å². The number of hydrogen-bond acceptors (Lipinski definition) is 4. The van der Waals surface area contributed by atoms with Crippen molar-refractivity contribution >= 4 is 11.6 Å². The normalized spacial score (nSPS) is 12.1. The van der Waals surface area contributed by atoms with Crippen LogP contribution in [0.25, 0.3) is 0 Å². The molecule has 20 heavy (non-hydrogen) atoms. The van der Waals surface area contributed by atoms with Crippen LogP contribution < -0.4 is 15.8 Å². The van der Waals surface area contributed by atoms with E-state index in [2.05, 4.69) is 5.32 Å². The molecule has 0 radical (unpaired) electrons. The number of rotatable bonds is 7. The lowest BCUT2D eigenvalue weighted by Gasteiger charge is -2.16. The van der Waals surface area contributed by atoms with Gasteiger partial charge in [-0.2, -0.15) is 0 Å². The van der Waals surface area contributed by atoms with Gasteiger partial charge in [0.05, 0.1) is 13.2 Å². The molecule has 1 rings (SSSR count). The molecule has 1 aromatic rings. The van der Waals surface area contributed by atoms with Crippen molar-refractivity contribution in [1.82, 2.24) is 0 Å². The molecule has 0 aliphatic heterocycles. The van der Waals surface area contributed by atoms with Crippen LogP contribution >= 0.6 is 0 Å². The van der Waals surface area contributed by atoms with Gasteiger partial charge in [0.15, 0.2) is 0 Å². The summed E-state index contributed by atoms with van der Waals surface area (Å²) in [6.07, 6.45) is 1.36. The molecule has 0 bridgehead atoms. The highest BCUT2D eigenvalue weighted by Crippen LogP contribution is 2.29. The van der Waals surface area contributed by atoms with E-state index in [0.717, 1.165) is 29.0 Å². The Labute approximate surface area is 120 Å². The average molecular weight is 280 g/mol. The van der Waals surface area contributed by atoms with Gasteiger partial charge >= 0.3 is 0 Å². The molecule has 0 aliphatic carbocycles. The molecule has 0 fully saturated rings. The first-order chi connectivity index (χ1) is 9.51. The lowest BCUT2D eigenvalue weighted by Crippen LogP contribution is -2.36. The molecule has 1 unspecified atom stereocenters. The monoisotopic (exact) mass is 280 g/mol. The first-order valence-electron chi connectivity index (χ1n) is 6.70.